The molecule has 0 aromatic heterocycles. The van der Waals surface area contributed by atoms with Gasteiger partial charge in [-0.1, -0.05) is 72.3 Å². The van der Waals surface area contributed by atoms with E-state index >= 15 is 0 Å². The van der Waals surface area contributed by atoms with Crippen LogP contribution in [-0.2, 0) is 22.6 Å². The maximum absolute atomic E-state index is 13.5. The quantitative estimate of drug-likeness (QED) is 0.533. The number of hydrogen-bond acceptors (Lipinski definition) is 3. The zero-order chi connectivity index (χ0) is 23.8. The van der Waals surface area contributed by atoms with Gasteiger partial charge in [-0.3, -0.25) is 9.59 Å². The molecule has 0 aliphatic heterocycles. The molecule has 0 heterocycles. The van der Waals surface area contributed by atoms with Crippen molar-refractivity contribution in [1.29, 1.82) is 0 Å². The van der Waals surface area contributed by atoms with E-state index in [1.165, 1.54) is 0 Å². The molecule has 0 bridgehead atoms. The van der Waals surface area contributed by atoms with Gasteiger partial charge < -0.3 is 15.0 Å². The Morgan fingerprint density at radius 3 is 2.30 bits per heavy atom. The number of likely N-dealkylation sites (N-methyl/N-ethyl adjacent to an activating group) is 1. The smallest absolute Gasteiger partial charge is 0.261 e. The first-order chi connectivity index (χ1) is 15.9. The summed E-state index contributed by atoms with van der Waals surface area (Å²) in [5.74, 6) is 0.243. The van der Waals surface area contributed by atoms with Gasteiger partial charge in [0.25, 0.3) is 5.91 Å². The van der Waals surface area contributed by atoms with Crippen LogP contribution in [0.5, 0.6) is 5.75 Å². The van der Waals surface area contributed by atoms with Gasteiger partial charge in [-0.15, -0.1) is 0 Å². The zero-order valence-corrected chi connectivity index (χ0v) is 19.8. The van der Waals surface area contributed by atoms with Gasteiger partial charge in [-0.2, -0.15) is 0 Å². The lowest BCUT2D eigenvalue weighted by Gasteiger charge is -2.31. The van der Waals surface area contributed by atoms with Crippen LogP contribution in [0.4, 0.5) is 0 Å². The second kappa shape index (κ2) is 11.3. The molecule has 5 nitrogen and oxygen atoms in total. The number of rotatable bonds is 9. The third-order valence-electron chi connectivity index (χ3n) is 5.86. The molecule has 3 rings (SSSR count). The first kappa shape index (κ1) is 24.1. The van der Waals surface area contributed by atoms with Crippen LogP contribution < -0.4 is 10.1 Å². The summed E-state index contributed by atoms with van der Waals surface area (Å²) in [5.41, 5.74) is 5.17. The predicted octanol–water partition coefficient (Wildman–Crippen LogP) is 4.38. The fraction of sp³-hybridized carbons (Fsp3) is 0.286. The van der Waals surface area contributed by atoms with Crippen molar-refractivity contribution in [2.45, 2.75) is 39.8 Å². The molecule has 3 aromatic carbocycles. The molecule has 1 atom stereocenters. The number of amides is 2. The minimum absolute atomic E-state index is 0.140. The number of hydrogen-bond donors (Lipinski definition) is 1. The van der Waals surface area contributed by atoms with Crippen molar-refractivity contribution in [3.8, 4) is 5.75 Å². The molecule has 0 saturated carbocycles. The lowest BCUT2D eigenvalue weighted by molar-refractivity contribution is -0.142. The maximum atomic E-state index is 13.5. The van der Waals surface area contributed by atoms with Crippen LogP contribution >= 0.6 is 0 Å². The van der Waals surface area contributed by atoms with E-state index < -0.39 is 6.04 Å². The molecule has 0 saturated heterocycles. The Kier molecular flexibility index (Phi) is 8.25. The average molecular weight is 445 g/mol. The highest BCUT2D eigenvalue weighted by Crippen LogP contribution is 2.21. The van der Waals surface area contributed by atoms with Gasteiger partial charge in [-0.05, 0) is 49.1 Å². The summed E-state index contributed by atoms with van der Waals surface area (Å²) in [5, 5.41) is 2.73. The first-order valence-corrected chi connectivity index (χ1v) is 11.2. The monoisotopic (exact) mass is 444 g/mol. The van der Waals surface area contributed by atoms with Crippen LogP contribution in [0, 0.1) is 20.8 Å². The lowest BCUT2D eigenvalue weighted by atomic mass is 10.0. The van der Waals surface area contributed by atoms with E-state index in [9.17, 15) is 9.59 Å². The van der Waals surface area contributed by atoms with E-state index in [1.807, 2.05) is 93.6 Å². The molecule has 0 aliphatic carbocycles. The predicted molar refractivity (Wildman–Crippen MR) is 131 cm³/mol. The van der Waals surface area contributed by atoms with Crippen LogP contribution in [0.15, 0.2) is 72.8 Å². The van der Waals surface area contributed by atoms with Gasteiger partial charge >= 0.3 is 0 Å². The first-order valence-electron chi connectivity index (χ1n) is 11.2. The molecular weight excluding hydrogens is 412 g/mol. The van der Waals surface area contributed by atoms with E-state index in [0.29, 0.717) is 18.7 Å². The maximum Gasteiger partial charge on any atom is 0.261 e. The highest BCUT2D eigenvalue weighted by atomic mass is 16.5. The molecule has 1 N–H and O–H groups in total. The van der Waals surface area contributed by atoms with Crippen LogP contribution in [0.1, 0.15) is 27.8 Å². The SMILES string of the molecule is CNC(=O)[C@H](Cc1ccccc1)N(Cc1cccc(C)c1)C(=O)COc1cccc(C)c1C. The van der Waals surface area contributed by atoms with E-state index in [1.54, 1.807) is 11.9 Å². The van der Waals surface area contributed by atoms with E-state index in [0.717, 1.165) is 27.8 Å². The molecule has 0 fully saturated rings. The van der Waals surface area contributed by atoms with Gasteiger partial charge in [0.05, 0.1) is 0 Å². The fourth-order valence-electron chi connectivity index (χ4n) is 3.83. The molecule has 0 unspecified atom stereocenters. The van der Waals surface area contributed by atoms with Crippen LogP contribution in [0.3, 0.4) is 0 Å². The van der Waals surface area contributed by atoms with Gasteiger partial charge in [0, 0.05) is 20.0 Å². The molecule has 172 valence electrons. The second-order valence-electron chi connectivity index (χ2n) is 8.32. The fourth-order valence-corrected chi connectivity index (χ4v) is 3.83. The van der Waals surface area contributed by atoms with Gasteiger partial charge in [0.1, 0.15) is 11.8 Å². The van der Waals surface area contributed by atoms with Gasteiger partial charge in [-0.25, -0.2) is 0 Å². The summed E-state index contributed by atoms with van der Waals surface area (Å²) in [6, 6.07) is 22.9. The Bertz CT molecular complexity index is 1100. The number of carbonyl (C=O) groups is 2. The summed E-state index contributed by atoms with van der Waals surface area (Å²) in [7, 11) is 1.60. The molecule has 2 amide bonds. The number of benzene rings is 3. The topological polar surface area (TPSA) is 58.6 Å². The minimum atomic E-state index is -0.660. The number of nitrogens with one attached hydrogen (secondary N) is 1. The summed E-state index contributed by atoms with van der Waals surface area (Å²) >= 11 is 0. The van der Waals surface area contributed by atoms with Crippen LogP contribution in [-0.4, -0.2) is 36.4 Å². The standard InChI is InChI=1S/C28H32N2O3/c1-20-10-8-14-24(16-20)18-30(25(28(32)29-4)17-23-12-6-5-7-13-23)27(31)19-33-26-15-9-11-21(2)22(26)3/h5-16,25H,17-19H2,1-4H3,(H,29,32)/t25-/m0/s1. The largest absolute Gasteiger partial charge is 0.483 e. The third-order valence-corrected chi connectivity index (χ3v) is 5.86. The van der Waals surface area contributed by atoms with Gasteiger partial charge in [0.15, 0.2) is 6.61 Å². The Hall–Kier alpha value is -3.60. The Morgan fingerprint density at radius 2 is 1.61 bits per heavy atom. The molecule has 0 radical (unpaired) electrons. The van der Waals surface area contributed by atoms with Crippen molar-refractivity contribution < 1.29 is 14.3 Å². The molecule has 0 spiro atoms. The highest BCUT2D eigenvalue weighted by Gasteiger charge is 2.30. The molecule has 3 aromatic rings. The summed E-state index contributed by atoms with van der Waals surface area (Å²) < 4.78 is 5.91. The average Bonchev–Trinajstić information content (AvgIpc) is 2.82. The third kappa shape index (κ3) is 6.45. The Labute approximate surface area is 196 Å². The summed E-state index contributed by atoms with van der Waals surface area (Å²) in [6.45, 7) is 6.18. The minimum Gasteiger partial charge on any atom is -0.483 e. The van der Waals surface area contributed by atoms with Crippen molar-refractivity contribution in [2.24, 2.45) is 0 Å². The zero-order valence-electron chi connectivity index (χ0n) is 19.8. The Morgan fingerprint density at radius 1 is 0.909 bits per heavy atom. The van der Waals surface area contributed by atoms with Gasteiger partial charge in [0.2, 0.25) is 5.91 Å². The summed E-state index contributed by atoms with van der Waals surface area (Å²) in [4.78, 5) is 28.1. The van der Waals surface area contributed by atoms with Crippen molar-refractivity contribution in [3.05, 3.63) is 101 Å². The number of nitrogens with zero attached hydrogens (tertiary/aromatic N) is 1. The molecule has 0 aliphatic rings. The van der Waals surface area contributed by atoms with Crippen molar-refractivity contribution in [3.63, 3.8) is 0 Å². The van der Waals surface area contributed by atoms with Crippen LogP contribution in [0.25, 0.3) is 0 Å². The lowest BCUT2D eigenvalue weighted by Crippen LogP contribution is -2.51. The van der Waals surface area contributed by atoms with Crippen molar-refractivity contribution >= 4 is 11.8 Å². The number of aryl methyl sites for hydroxylation is 2. The van der Waals surface area contributed by atoms with E-state index in [-0.39, 0.29) is 18.4 Å². The number of ether oxygens (including phenoxy) is 1. The molecule has 33 heavy (non-hydrogen) atoms. The second-order valence-corrected chi connectivity index (χ2v) is 8.32. The van der Waals surface area contributed by atoms with E-state index in [4.69, 9.17) is 4.74 Å². The molecule has 5 heteroatoms. The summed E-state index contributed by atoms with van der Waals surface area (Å²) in [6.07, 6.45) is 0.418. The normalized spacial score (nSPS) is 11.5. The molecular formula is C28H32N2O3. The Balaban J connectivity index is 1.89. The highest BCUT2D eigenvalue weighted by molar-refractivity contribution is 5.88. The van der Waals surface area contributed by atoms with Crippen molar-refractivity contribution in [1.82, 2.24) is 10.2 Å². The van der Waals surface area contributed by atoms with Crippen molar-refractivity contribution in [2.75, 3.05) is 13.7 Å². The van der Waals surface area contributed by atoms with Crippen LogP contribution in [0.2, 0.25) is 0 Å². The number of carbonyl (C=O) groups excluding carboxylic acids is 2. The van der Waals surface area contributed by atoms with E-state index in [2.05, 4.69) is 5.32 Å².